The van der Waals surface area contributed by atoms with Crippen molar-refractivity contribution in [2.75, 3.05) is 39.6 Å². The second-order valence-electron chi connectivity index (χ2n) is 11.1. The van der Waals surface area contributed by atoms with Crippen LogP contribution in [0.15, 0.2) is 0 Å². The van der Waals surface area contributed by atoms with Crippen LogP contribution in [0.25, 0.3) is 0 Å². The molecule has 4 atom stereocenters. The van der Waals surface area contributed by atoms with Gasteiger partial charge in [0.05, 0.1) is 51.8 Å². The second kappa shape index (κ2) is 15.8. The predicted molar refractivity (Wildman–Crippen MR) is 134 cm³/mol. The van der Waals surface area contributed by atoms with Crippen molar-refractivity contribution in [1.82, 2.24) is 0 Å². The van der Waals surface area contributed by atoms with Crippen molar-refractivity contribution < 1.29 is 28.4 Å². The Morgan fingerprint density at radius 3 is 1.18 bits per heavy atom. The average Bonchev–Trinajstić information content (AvgIpc) is 3.70. The van der Waals surface area contributed by atoms with Gasteiger partial charge < -0.3 is 28.4 Å². The molecule has 0 N–H and O–H groups in total. The summed E-state index contributed by atoms with van der Waals surface area (Å²) in [4.78, 5) is 0. The molecule has 0 radical (unpaired) electrons. The minimum Gasteiger partial charge on any atom is -0.373 e. The molecule has 6 nitrogen and oxygen atoms in total. The molecule has 0 bridgehead atoms. The van der Waals surface area contributed by atoms with Gasteiger partial charge in [-0.3, -0.25) is 0 Å². The van der Waals surface area contributed by atoms with Gasteiger partial charge in [-0.15, -0.1) is 0 Å². The molecule has 6 rings (SSSR count). The van der Waals surface area contributed by atoms with E-state index in [1.165, 1.54) is 64.2 Å². The first kappa shape index (κ1) is 28.3. The van der Waals surface area contributed by atoms with Crippen LogP contribution in [0.5, 0.6) is 0 Å². The molecule has 6 fully saturated rings. The van der Waals surface area contributed by atoms with Crippen LogP contribution in [0, 0.1) is 17.8 Å². The molecule has 2 aliphatic carbocycles. The maximum absolute atomic E-state index is 5.34. The number of rotatable bonds is 8. The number of ether oxygens (including phenoxy) is 6. The van der Waals surface area contributed by atoms with Gasteiger partial charge in [-0.1, -0.05) is 71.1 Å². The Balaban J connectivity index is 0.000000145. The molecule has 4 heterocycles. The third-order valence-corrected chi connectivity index (χ3v) is 7.63. The van der Waals surface area contributed by atoms with Crippen molar-refractivity contribution in [1.29, 1.82) is 0 Å². The van der Waals surface area contributed by atoms with Gasteiger partial charge in [-0.05, 0) is 38.5 Å². The van der Waals surface area contributed by atoms with E-state index in [-0.39, 0.29) is 6.29 Å². The van der Waals surface area contributed by atoms with Crippen molar-refractivity contribution in [2.45, 2.75) is 123 Å². The maximum Gasteiger partial charge on any atom is 0.155 e. The van der Waals surface area contributed by atoms with Crippen LogP contribution in [0.1, 0.15) is 91.9 Å². The Labute approximate surface area is 208 Å². The fourth-order valence-electron chi connectivity index (χ4n) is 4.76. The highest BCUT2D eigenvalue weighted by molar-refractivity contribution is 4.79. The molecular formula is C28H52O6. The van der Waals surface area contributed by atoms with Crippen LogP contribution in [0.4, 0.5) is 0 Å². The molecule has 0 aromatic heterocycles. The van der Waals surface area contributed by atoms with Gasteiger partial charge in [0.15, 0.2) is 6.29 Å². The van der Waals surface area contributed by atoms with E-state index < -0.39 is 0 Å². The van der Waals surface area contributed by atoms with Crippen LogP contribution in [-0.4, -0.2) is 70.3 Å². The van der Waals surface area contributed by atoms with Crippen LogP contribution in [0.2, 0.25) is 0 Å². The van der Waals surface area contributed by atoms with Crippen LogP contribution in [-0.2, 0) is 28.4 Å². The highest BCUT2D eigenvalue weighted by atomic mass is 16.7. The molecule has 0 amide bonds. The molecule has 0 aromatic rings. The van der Waals surface area contributed by atoms with Gasteiger partial charge in [-0.25, -0.2) is 0 Å². The lowest BCUT2D eigenvalue weighted by molar-refractivity contribution is -0.135. The Kier molecular flexibility index (Phi) is 13.2. The first-order valence-corrected chi connectivity index (χ1v) is 14.2. The molecule has 4 unspecified atom stereocenters. The Bertz CT molecular complexity index is 459. The molecule has 0 aromatic carbocycles. The first-order valence-electron chi connectivity index (χ1n) is 14.2. The van der Waals surface area contributed by atoms with Crippen LogP contribution >= 0.6 is 0 Å². The van der Waals surface area contributed by atoms with E-state index in [1.54, 1.807) is 0 Å². The van der Waals surface area contributed by atoms with Gasteiger partial charge in [0.2, 0.25) is 0 Å². The number of epoxide rings is 4. The fourth-order valence-corrected chi connectivity index (χ4v) is 4.76. The maximum atomic E-state index is 5.34. The standard InChI is InChI=1S/C14H26.C8H14O4.2C3H6O/c1-12(13-8-4-2-5-9-13)14-10-6-3-7-11-14;1-6(9-2-7-4-11-7)10-3-8-5-12-8;2*1-3-2-4-3/h12-14H,2-11H2,1H3;6-8H,2-5H2,1H3;2*3H,2H2,1H3. The molecule has 4 saturated heterocycles. The van der Waals surface area contributed by atoms with E-state index in [0.717, 1.165) is 44.2 Å². The molecule has 6 heteroatoms. The smallest absolute Gasteiger partial charge is 0.155 e. The lowest BCUT2D eigenvalue weighted by atomic mass is 9.71. The van der Waals surface area contributed by atoms with E-state index >= 15 is 0 Å². The Hall–Kier alpha value is -0.240. The summed E-state index contributed by atoms with van der Waals surface area (Å²) in [5.41, 5.74) is 0. The minimum atomic E-state index is -0.140. The highest BCUT2D eigenvalue weighted by Gasteiger charge is 2.28. The van der Waals surface area contributed by atoms with Gasteiger partial charge in [0.25, 0.3) is 0 Å². The molecule has 4 aliphatic heterocycles. The summed E-state index contributed by atoms with van der Waals surface area (Å²) in [5, 5.41) is 0. The van der Waals surface area contributed by atoms with Crippen molar-refractivity contribution in [2.24, 2.45) is 17.8 Å². The molecule has 34 heavy (non-hydrogen) atoms. The van der Waals surface area contributed by atoms with Gasteiger partial charge >= 0.3 is 0 Å². The SMILES string of the molecule is CC(C1CCCCC1)C1CCCCC1.CC(OCC1CO1)OCC1CO1.CC1CO1.CC1CO1. The normalized spacial score (nSPS) is 32.7. The first-order chi connectivity index (χ1) is 16.5. The van der Waals surface area contributed by atoms with Crippen LogP contribution in [0.3, 0.4) is 0 Å². The lowest BCUT2D eigenvalue weighted by Crippen LogP contribution is -2.24. The van der Waals surface area contributed by atoms with E-state index in [4.69, 9.17) is 28.4 Å². The largest absolute Gasteiger partial charge is 0.373 e. The van der Waals surface area contributed by atoms with Crippen molar-refractivity contribution >= 4 is 0 Å². The summed E-state index contributed by atoms with van der Waals surface area (Å²) in [6.07, 6.45) is 16.9. The topological polar surface area (TPSA) is 68.6 Å². The number of hydrogen-bond donors (Lipinski definition) is 0. The Morgan fingerprint density at radius 2 is 0.912 bits per heavy atom. The minimum absolute atomic E-state index is 0.140. The quantitative estimate of drug-likeness (QED) is 0.322. The zero-order valence-corrected chi connectivity index (χ0v) is 22.4. The van der Waals surface area contributed by atoms with E-state index in [1.807, 2.05) is 6.92 Å². The highest BCUT2D eigenvalue weighted by Crippen LogP contribution is 2.39. The summed E-state index contributed by atoms with van der Waals surface area (Å²) in [6, 6.07) is 0. The third-order valence-electron chi connectivity index (χ3n) is 7.63. The van der Waals surface area contributed by atoms with Crippen molar-refractivity contribution in [3.8, 4) is 0 Å². The summed E-state index contributed by atoms with van der Waals surface area (Å²) < 4.78 is 30.1. The Morgan fingerprint density at radius 1 is 0.588 bits per heavy atom. The molecule has 6 aliphatic rings. The van der Waals surface area contributed by atoms with Gasteiger partial charge in [-0.2, -0.15) is 0 Å². The zero-order chi connectivity index (χ0) is 24.2. The van der Waals surface area contributed by atoms with Crippen molar-refractivity contribution in [3.63, 3.8) is 0 Å². The lowest BCUT2D eigenvalue weighted by Gasteiger charge is -2.35. The summed E-state index contributed by atoms with van der Waals surface area (Å²) in [5.74, 6) is 3.22. The number of hydrogen-bond acceptors (Lipinski definition) is 6. The summed E-state index contributed by atoms with van der Waals surface area (Å²) in [6.45, 7) is 13.5. The predicted octanol–water partition coefficient (Wildman–Crippen LogP) is 5.76. The van der Waals surface area contributed by atoms with Gasteiger partial charge in [0, 0.05) is 0 Å². The average molecular weight is 485 g/mol. The second-order valence-corrected chi connectivity index (χ2v) is 11.1. The third kappa shape index (κ3) is 14.4. The van der Waals surface area contributed by atoms with Gasteiger partial charge in [0.1, 0.15) is 12.2 Å². The molecule has 0 spiro atoms. The van der Waals surface area contributed by atoms with Crippen LogP contribution < -0.4 is 0 Å². The van der Waals surface area contributed by atoms with E-state index in [9.17, 15) is 0 Å². The summed E-state index contributed by atoms with van der Waals surface area (Å²) in [7, 11) is 0. The monoisotopic (exact) mass is 484 g/mol. The summed E-state index contributed by atoms with van der Waals surface area (Å²) >= 11 is 0. The molecule has 200 valence electrons. The molecule has 2 saturated carbocycles. The fraction of sp³-hybridized carbons (Fsp3) is 1.00. The van der Waals surface area contributed by atoms with Crippen molar-refractivity contribution in [3.05, 3.63) is 0 Å². The molecular weight excluding hydrogens is 432 g/mol. The van der Waals surface area contributed by atoms with E-state index in [2.05, 4.69) is 20.8 Å². The van der Waals surface area contributed by atoms with E-state index in [0.29, 0.717) is 37.6 Å². The zero-order valence-electron chi connectivity index (χ0n) is 22.4.